The number of hydrogen-bond acceptors (Lipinski definition) is 9. The molecule has 0 aliphatic carbocycles. The number of hydrogen-bond donors (Lipinski definition) is 0. The van der Waals surface area contributed by atoms with Gasteiger partial charge >= 0.3 is 83.5 Å². The smallest absolute Gasteiger partial charge is 0.652 e. The zero-order chi connectivity index (χ0) is 10.7. The van der Waals surface area contributed by atoms with Crippen molar-refractivity contribution in [2.75, 3.05) is 0 Å². The minimum Gasteiger partial charge on any atom is -0.652 e. The van der Waals surface area contributed by atoms with Gasteiger partial charge in [0.1, 0.15) is 0 Å². The van der Waals surface area contributed by atoms with E-state index in [9.17, 15) is 0 Å². The third kappa shape index (κ3) is 14000000. The Morgan fingerprint density at radius 3 is 0.276 bits per heavy atom. The van der Waals surface area contributed by atoms with Crippen LogP contribution in [0.2, 0.25) is 0 Å². The Bertz CT molecular complexity index is 122. The molecule has 30 N–H and O–H groups in total. The van der Waals surface area contributed by atoms with Crippen LogP contribution in [-0.4, -0.2) is 101 Å². The van der Waals surface area contributed by atoms with Crippen LogP contribution in [0.3, 0.4) is 0 Å². The first-order valence-electron chi connectivity index (χ1n) is 1.84. The molecule has 29 heavy (non-hydrogen) atoms. The van der Waals surface area contributed by atoms with E-state index in [0.717, 1.165) is 0 Å². The predicted octanol–water partition coefficient (Wildman–Crippen LogP) is -19.7. The summed E-state index contributed by atoms with van der Waals surface area (Å²) in [7, 11) is 0. The van der Waals surface area contributed by atoms with Gasteiger partial charge in [-0.15, -0.1) is 0 Å². The number of carbonyl (C=O) groups excluding carboxylic acids is 3. The van der Waals surface area contributed by atoms with E-state index in [-0.39, 0.29) is 166 Å². The van der Waals surface area contributed by atoms with E-state index in [0.29, 0.717) is 0 Å². The van der Waals surface area contributed by atoms with E-state index in [1.165, 1.54) is 0 Å². The molecule has 24 nitrogen and oxygen atoms in total. The molecule has 0 aromatic heterocycles. The molecule has 0 amide bonds. The van der Waals surface area contributed by atoms with E-state index < -0.39 is 18.5 Å². The third-order valence-electron chi connectivity index (χ3n) is 0. The van der Waals surface area contributed by atoms with Crippen molar-refractivity contribution in [1.82, 2.24) is 0 Å². The van der Waals surface area contributed by atoms with Gasteiger partial charge in [-0.3, -0.25) is 0 Å². The van der Waals surface area contributed by atoms with Crippen molar-refractivity contribution in [3.05, 3.63) is 0 Å². The molecular weight excluding hydrogens is 700 g/mol. The molecule has 0 spiro atoms. The Morgan fingerprint density at radius 2 is 0.276 bits per heavy atom. The molecule has 0 atom stereocenters. The van der Waals surface area contributed by atoms with Crippen molar-refractivity contribution in [2.24, 2.45) is 0 Å². The molecule has 0 fully saturated rings. The summed E-state index contributed by atoms with van der Waals surface area (Å²) < 4.78 is 0. The molecule has 26 heteroatoms. The second-order valence-corrected chi connectivity index (χ2v) is 0.750. The Balaban J connectivity index is -0.00000000180. The summed E-state index contributed by atoms with van der Waals surface area (Å²) in [6, 6.07) is 0. The summed E-state index contributed by atoms with van der Waals surface area (Å²) in [5.74, 6) is 0. The molecular formula is C3H30Ce2O24. The van der Waals surface area contributed by atoms with Crippen molar-refractivity contribution in [1.29, 1.82) is 0 Å². The second kappa shape index (κ2) is 253. The van der Waals surface area contributed by atoms with Crippen molar-refractivity contribution >= 4 is 18.5 Å². The Hall–Kier alpha value is -0.0368. The van der Waals surface area contributed by atoms with Crippen LogP contribution in [0.1, 0.15) is 0 Å². The third-order valence-corrected chi connectivity index (χ3v) is 0. The molecule has 194 valence electrons. The van der Waals surface area contributed by atoms with E-state index >= 15 is 0 Å². The minimum absolute atomic E-state index is 0. The van der Waals surface area contributed by atoms with Crippen LogP contribution in [0.25, 0.3) is 0 Å². The van der Waals surface area contributed by atoms with Crippen molar-refractivity contribution < 1.29 is 211 Å². The van der Waals surface area contributed by atoms with Crippen molar-refractivity contribution in [2.45, 2.75) is 0 Å². The van der Waals surface area contributed by atoms with Crippen LogP contribution >= 0.6 is 0 Å². The number of carbonyl (C=O) groups is 3. The Kier molecular flexibility index (Phi) is 2460. The van der Waals surface area contributed by atoms with Gasteiger partial charge in [0.05, 0.1) is 0 Å². The SMILES string of the molecule is O.O.O.O.O.O.O.O.O.O.O.O.O.O.O.O=C([O-])[O-].O=C([O-])[O-].O=C([O-])[O-].[Ce+3].[Ce+3]. The number of carboxylic acid groups (broad SMARTS) is 6. The molecule has 2 radical (unpaired) electrons. The quantitative estimate of drug-likeness (QED) is 0.228. The van der Waals surface area contributed by atoms with Gasteiger partial charge < -0.3 is 127 Å². The summed E-state index contributed by atoms with van der Waals surface area (Å²) in [6.45, 7) is 0. The van der Waals surface area contributed by atoms with Crippen LogP contribution in [0.5, 0.6) is 0 Å². The largest absolute Gasteiger partial charge is 3.00 e. The first kappa shape index (κ1) is 282. The first-order valence-corrected chi connectivity index (χ1v) is 1.84. The molecule has 0 aromatic rings. The van der Waals surface area contributed by atoms with Crippen LogP contribution in [-0.2, 0) is 0 Å². The van der Waals surface area contributed by atoms with Crippen molar-refractivity contribution in [3.63, 3.8) is 0 Å². The Morgan fingerprint density at radius 1 is 0.276 bits per heavy atom. The molecule has 0 aliphatic heterocycles. The van der Waals surface area contributed by atoms with E-state index in [1.807, 2.05) is 0 Å². The monoisotopic (exact) mass is 730 g/mol. The average molecular weight is 730 g/mol. The van der Waals surface area contributed by atoms with E-state index in [4.69, 9.17) is 45.0 Å². The predicted molar refractivity (Wildman–Crippen MR) is 70.4 cm³/mol. The van der Waals surface area contributed by atoms with Crippen LogP contribution in [0, 0.1) is 83.5 Å². The van der Waals surface area contributed by atoms with E-state index in [2.05, 4.69) is 0 Å². The number of rotatable bonds is 0. The standard InChI is InChI=1S/3CH2O3.2Ce.15H2O/c3*2-1(3)4;;;;;;;;;;;;;;;;;/h3*(H2,2,3,4);;;15*1H2/q;;;2*+3;;;;;;;;;;;;;;;/p-6. The molecule has 0 unspecified atom stereocenters. The van der Waals surface area contributed by atoms with Crippen molar-refractivity contribution in [3.8, 4) is 0 Å². The molecule has 0 heterocycles. The zero-order valence-electron chi connectivity index (χ0n) is 13.7. The van der Waals surface area contributed by atoms with Gasteiger partial charge in [0, 0.05) is 0 Å². The molecule has 0 saturated heterocycles. The summed E-state index contributed by atoms with van der Waals surface area (Å²) in [4.78, 5) is 25.0. The first-order chi connectivity index (χ1) is 5.20. The van der Waals surface area contributed by atoms with Gasteiger partial charge in [0.15, 0.2) is 0 Å². The fraction of sp³-hybridized carbons (Fsp3) is 0. The maximum Gasteiger partial charge on any atom is 3.00 e. The molecule has 0 aliphatic rings. The van der Waals surface area contributed by atoms with Gasteiger partial charge in [-0.25, -0.2) is 0 Å². The topological polar surface area (TPSA) is 662 Å². The fourth-order valence-electron chi connectivity index (χ4n) is 0. The van der Waals surface area contributed by atoms with Gasteiger partial charge in [-0.1, -0.05) is 0 Å². The summed E-state index contributed by atoms with van der Waals surface area (Å²) in [5.41, 5.74) is 0. The fourth-order valence-corrected chi connectivity index (χ4v) is 0. The van der Waals surface area contributed by atoms with Crippen LogP contribution in [0.15, 0.2) is 0 Å². The van der Waals surface area contributed by atoms with Crippen LogP contribution in [0.4, 0.5) is 14.4 Å². The van der Waals surface area contributed by atoms with Gasteiger partial charge in [0.25, 0.3) is 0 Å². The zero-order valence-corrected chi connectivity index (χ0v) is 20.0. The minimum atomic E-state index is -2.33. The average Bonchev–Trinajstić information content (AvgIpc) is 1.54. The molecule has 0 bridgehead atoms. The second-order valence-electron chi connectivity index (χ2n) is 0.750. The summed E-state index contributed by atoms with van der Waals surface area (Å²) in [6.07, 6.45) is -7.00. The summed E-state index contributed by atoms with van der Waals surface area (Å²) >= 11 is 0. The van der Waals surface area contributed by atoms with Gasteiger partial charge in [-0.05, 0) is 18.5 Å². The molecule has 0 saturated carbocycles. The van der Waals surface area contributed by atoms with E-state index in [1.54, 1.807) is 0 Å². The maximum absolute atomic E-state index is 8.33. The molecule has 0 aromatic carbocycles. The Labute approximate surface area is 227 Å². The maximum atomic E-state index is 8.33. The normalized spacial score (nSPS) is 2.48. The van der Waals surface area contributed by atoms with Crippen LogP contribution < -0.4 is 30.6 Å². The molecule has 0 rings (SSSR count). The van der Waals surface area contributed by atoms with Gasteiger partial charge in [-0.2, -0.15) is 0 Å². The van der Waals surface area contributed by atoms with Gasteiger partial charge in [0.2, 0.25) is 0 Å². The summed E-state index contributed by atoms with van der Waals surface area (Å²) in [5, 5.41) is 50.0.